The molecule has 1 aromatic carbocycles. The number of carboxylic acid groups (broad SMARTS) is 1. The molecule has 0 aliphatic carbocycles. The largest absolute Gasteiger partial charge is 0.480 e. The Bertz CT molecular complexity index is 2950. The van der Waals surface area contributed by atoms with Crippen molar-refractivity contribution in [3.63, 3.8) is 0 Å². The van der Waals surface area contributed by atoms with Crippen LogP contribution in [0.3, 0.4) is 0 Å². The van der Waals surface area contributed by atoms with Crippen molar-refractivity contribution in [3.8, 4) is 0 Å². The van der Waals surface area contributed by atoms with Gasteiger partial charge in [-0.3, -0.25) is 77.1 Å². The van der Waals surface area contributed by atoms with Gasteiger partial charge in [0.15, 0.2) is 11.9 Å². The molecule has 0 fully saturated rings. The van der Waals surface area contributed by atoms with Gasteiger partial charge in [-0.1, -0.05) is 50.6 Å². The molecule has 39 heteroatoms. The first-order valence-electron chi connectivity index (χ1n) is 32.7. The summed E-state index contributed by atoms with van der Waals surface area (Å²) in [5.74, 6) is -15.5. The van der Waals surface area contributed by atoms with Crippen molar-refractivity contribution in [3.05, 3.63) is 35.9 Å². The molecular formula is C61H106N22O17. The molecule has 0 spiro atoms. The van der Waals surface area contributed by atoms with E-state index in [1.807, 2.05) is 0 Å². The number of carboxylic acids is 1. The SMILES string of the molecule is CC(C)[C@H](NC(=O)[C@H](CC(N)=O)NC(=O)[C@H](CO)NC(=O)[C@@H](NC(=O)[C@H](C)NC(=O)[C@H](C)NC(=O)[C@H](CCCN=C(N)N)NC(=O)[C@H](C)NC(=O)[C@H](CCCN=C(N)N)NC(=O)[C@H](CCCCN)NC(=O)[C@@H](N)CCCCN)[C@@H](C)O)C(=O)N[C@@H](Cc1ccccc1)C(=O)N[C@@H](C)C(=O)O. The standard InChI is InChI=1S/C61H106N22O17/c1-30(2)45(57(97)80-41(27-36-17-9-8-10-18-36)54(94)75-34(6)59(99)100)82-55(95)42(28-44(65)86)79-56(96)43(29-84)81-58(98)46(35(7)85)83-49(89)33(5)72-47(87)31(3)73-51(91)39(21-15-25-70-60(66)67)76-48(88)32(4)74-52(92)40(22-16-26-71-61(68)69)78-53(93)38(20-12-14-24-63)77-50(90)37(64)19-11-13-23-62/h8-10,17-18,30-35,37-43,45-46,84-85H,11-16,19-29,62-64H2,1-7H3,(H2,65,86)(H,72,87)(H,73,91)(H,74,92)(H,75,94)(H,76,88)(H,77,90)(H,78,93)(H,79,96)(H,80,97)(H,81,98)(H,82,95)(H,83,89)(H,99,100)(H4,66,67,70)(H4,68,69,71)/t31-,32-,33-,34-,35+,37-,38-,39-,40-,41-,42-,43-,45-,46-/m0/s1. The van der Waals surface area contributed by atoms with Crippen molar-refractivity contribution in [2.24, 2.45) is 61.8 Å². The number of unbranched alkanes of at least 4 members (excludes halogenated alkanes) is 2. The molecule has 0 bridgehead atoms. The molecule has 39 nitrogen and oxygen atoms in total. The van der Waals surface area contributed by atoms with E-state index in [-0.39, 0.29) is 63.5 Å². The Morgan fingerprint density at radius 2 is 0.770 bits per heavy atom. The normalized spacial score (nSPS) is 15.2. The van der Waals surface area contributed by atoms with E-state index in [1.165, 1.54) is 34.6 Å². The van der Waals surface area contributed by atoms with E-state index in [9.17, 15) is 82.4 Å². The molecule has 0 radical (unpaired) electrons. The highest BCUT2D eigenvalue weighted by Gasteiger charge is 2.37. The monoisotopic (exact) mass is 1420 g/mol. The smallest absolute Gasteiger partial charge is 0.325 e. The highest BCUT2D eigenvalue weighted by Crippen LogP contribution is 2.12. The number of aliphatic carboxylic acids is 1. The number of carbonyl (C=O) groups excluding carboxylic acids is 13. The van der Waals surface area contributed by atoms with Crippen molar-refractivity contribution < 1.29 is 82.4 Å². The predicted octanol–water partition coefficient (Wildman–Crippen LogP) is -9.19. The first kappa shape index (κ1) is 88.2. The average molecular weight is 1420 g/mol. The van der Waals surface area contributed by atoms with Gasteiger partial charge in [0.2, 0.25) is 76.8 Å². The Balaban J connectivity index is 3.28. The maximum atomic E-state index is 13.9. The van der Waals surface area contributed by atoms with Crippen LogP contribution in [0, 0.1) is 5.92 Å². The molecule has 0 aromatic heterocycles. The summed E-state index contributed by atoms with van der Waals surface area (Å²) in [6.45, 7) is 8.49. The van der Waals surface area contributed by atoms with Crippen LogP contribution in [0.25, 0.3) is 0 Å². The van der Waals surface area contributed by atoms with Gasteiger partial charge in [-0.25, -0.2) is 0 Å². The van der Waals surface area contributed by atoms with Gasteiger partial charge in [0.05, 0.1) is 25.2 Å². The molecule has 0 unspecified atom stereocenters. The fourth-order valence-corrected chi connectivity index (χ4v) is 9.26. The zero-order valence-corrected chi connectivity index (χ0v) is 57.6. The molecule has 1 rings (SSSR count). The number of nitrogens with two attached hydrogens (primary N) is 8. The molecule has 13 amide bonds. The summed E-state index contributed by atoms with van der Waals surface area (Å²) in [6.07, 6.45) is -0.180. The molecule has 0 saturated carbocycles. The third kappa shape index (κ3) is 34.1. The lowest BCUT2D eigenvalue weighted by Gasteiger charge is -2.28. The van der Waals surface area contributed by atoms with E-state index < -0.39 is 186 Å². The van der Waals surface area contributed by atoms with Gasteiger partial charge in [0, 0.05) is 19.5 Å². The minimum Gasteiger partial charge on any atom is -0.480 e. The van der Waals surface area contributed by atoms with Crippen LogP contribution < -0.4 is 110 Å². The quantitative estimate of drug-likeness (QED) is 0.0164. The van der Waals surface area contributed by atoms with Gasteiger partial charge in [-0.15, -0.1) is 0 Å². The molecule has 0 aliphatic rings. The topological polar surface area (TPSA) is 677 Å². The summed E-state index contributed by atoms with van der Waals surface area (Å²) in [6, 6.07) is -10.8. The van der Waals surface area contributed by atoms with Gasteiger partial charge in [-0.2, -0.15) is 0 Å². The maximum Gasteiger partial charge on any atom is 0.325 e. The van der Waals surface area contributed by atoms with Gasteiger partial charge in [0.25, 0.3) is 0 Å². The Hall–Kier alpha value is -9.86. The molecule has 562 valence electrons. The number of nitrogens with one attached hydrogen (secondary N) is 12. The Kier molecular flexibility index (Phi) is 40.9. The fourth-order valence-electron chi connectivity index (χ4n) is 9.26. The molecular weight excluding hydrogens is 1310 g/mol. The van der Waals surface area contributed by atoms with E-state index in [2.05, 4.69) is 73.8 Å². The van der Waals surface area contributed by atoms with E-state index in [4.69, 9.17) is 45.9 Å². The number of nitrogens with zero attached hydrogens (tertiary/aromatic N) is 2. The number of amides is 13. The third-order valence-corrected chi connectivity index (χ3v) is 15.1. The second kappa shape index (κ2) is 46.4. The number of aliphatic imine (C=N–C) groups is 2. The number of aliphatic hydroxyl groups excluding tert-OH is 2. The second-order valence-electron chi connectivity index (χ2n) is 24.2. The first-order valence-corrected chi connectivity index (χ1v) is 32.7. The molecule has 31 N–H and O–H groups in total. The van der Waals surface area contributed by atoms with Crippen LogP contribution in [0.4, 0.5) is 0 Å². The van der Waals surface area contributed by atoms with Crippen LogP contribution in [-0.4, -0.2) is 227 Å². The summed E-state index contributed by atoms with van der Waals surface area (Å²) in [4.78, 5) is 195. The molecule has 14 atom stereocenters. The number of carbonyl (C=O) groups is 14. The van der Waals surface area contributed by atoms with Crippen molar-refractivity contribution in [2.45, 2.75) is 210 Å². The summed E-state index contributed by atoms with van der Waals surface area (Å²) in [5, 5.41) is 59.1. The number of guanidine groups is 2. The van der Waals surface area contributed by atoms with Gasteiger partial charge in [-0.05, 0) is 117 Å². The summed E-state index contributed by atoms with van der Waals surface area (Å²) in [5.41, 5.74) is 45.3. The summed E-state index contributed by atoms with van der Waals surface area (Å²) in [7, 11) is 0. The minimum absolute atomic E-state index is 0.0211. The van der Waals surface area contributed by atoms with Crippen LogP contribution >= 0.6 is 0 Å². The summed E-state index contributed by atoms with van der Waals surface area (Å²) < 4.78 is 0. The van der Waals surface area contributed by atoms with Gasteiger partial charge >= 0.3 is 5.97 Å². The van der Waals surface area contributed by atoms with E-state index in [1.54, 1.807) is 30.3 Å². The van der Waals surface area contributed by atoms with Crippen LogP contribution in [0.2, 0.25) is 0 Å². The number of rotatable bonds is 48. The lowest BCUT2D eigenvalue weighted by atomic mass is 10.00. The summed E-state index contributed by atoms with van der Waals surface area (Å²) >= 11 is 0. The highest BCUT2D eigenvalue weighted by atomic mass is 16.4. The molecule has 0 aliphatic heterocycles. The van der Waals surface area contributed by atoms with Crippen molar-refractivity contribution in [1.82, 2.24) is 63.8 Å². The number of aliphatic hydroxyl groups is 2. The number of benzene rings is 1. The van der Waals surface area contributed by atoms with Crippen molar-refractivity contribution in [1.29, 1.82) is 0 Å². The van der Waals surface area contributed by atoms with Crippen LogP contribution in [0.5, 0.6) is 0 Å². The molecule has 1 aromatic rings. The Morgan fingerprint density at radius 3 is 1.23 bits per heavy atom. The lowest BCUT2D eigenvalue weighted by molar-refractivity contribution is -0.142. The van der Waals surface area contributed by atoms with E-state index in [0.717, 1.165) is 13.8 Å². The number of primary amides is 1. The van der Waals surface area contributed by atoms with Crippen molar-refractivity contribution in [2.75, 3.05) is 32.8 Å². The van der Waals surface area contributed by atoms with E-state index >= 15 is 0 Å². The van der Waals surface area contributed by atoms with Crippen molar-refractivity contribution >= 4 is 94.7 Å². The Labute approximate surface area is 579 Å². The number of hydrogen-bond donors (Lipinski definition) is 23. The predicted molar refractivity (Wildman–Crippen MR) is 365 cm³/mol. The van der Waals surface area contributed by atoms with E-state index in [0.29, 0.717) is 50.8 Å². The highest BCUT2D eigenvalue weighted by molar-refractivity contribution is 6.00. The first-order chi connectivity index (χ1) is 47.0. The zero-order chi connectivity index (χ0) is 75.9. The molecule has 100 heavy (non-hydrogen) atoms. The maximum absolute atomic E-state index is 13.9. The average Bonchev–Trinajstić information content (AvgIpc) is 0.861. The molecule has 0 heterocycles. The zero-order valence-electron chi connectivity index (χ0n) is 57.6. The lowest BCUT2D eigenvalue weighted by Crippen LogP contribution is -2.62. The Morgan fingerprint density at radius 1 is 0.410 bits per heavy atom. The minimum atomic E-state index is -1.96. The van der Waals surface area contributed by atoms with Crippen LogP contribution in [0.1, 0.15) is 125 Å². The fraction of sp³-hybridized carbons (Fsp3) is 0.639. The molecule has 0 saturated heterocycles. The second-order valence-corrected chi connectivity index (χ2v) is 24.2. The van der Waals surface area contributed by atoms with Crippen LogP contribution in [-0.2, 0) is 73.5 Å². The number of hydrogen-bond acceptors (Lipinski definition) is 21. The third-order valence-electron chi connectivity index (χ3n) is 15.1. The van der Waals surface area contributed by atoms with Gasteiger partial charge in [0.1, 0.15) is 72.5 Å². The van der Waals surface area contributed by atoms with Gasteiger partial charge < -0.3 is 125 Å². The van der Waals surface area contributed by atoms with Crippen LogP contribution in [0.15, 0.2) is 40.3 Å².